The SMILES string of the molecule is NCC(O)C(O)c1ccc[n+]([O-])c1. The molecule has 2 unspecified atom stereocenters. The molecule has 0 aliphatic rings. The number of nitrogens with two attached hydrogens (primary N) is 1. The van der Waals surface area contributed by atoms with E-state index in [9.17, 15) is 15.4 Å². The number of aromatic nitrogens is 1. The molecule has 5 heteroatoms. The molecular weight excluding hydrogens is 172 g/mol. The second kappa shape index (κ2) is 4.18. The van der Waals surface area contributed by atoms with Gasteiger partial charge in [0.05, 0.1) is 6.10 Å². The van der Waals surface area contributed by atoms with Gasteiger partial charge in [0.1, 0.15) is 6.10 Å². The van der Waals surface area contributed by atoms with Crippen LogP contribution in [0.2, 0.25) is 0 Å². The average Bonchev–Trinajstić information content (AvgIpc) is 2.15. The summed E-state index contributed by atoms with van der Waals surface area (Å²) in [6.07, 6.45) is 0.350. The van der Waals surface area contributed by atoms with Gasteiger partial charge in [-0.1, -0.05) is 0 Å². The molecule has 72 valence electrons. The van der Waals surface area contributed by atoms with Crippen LogP contribution in [0.4, 0.5) is 0 Å². The molecule has 0 saturated heterocycles. The van der Waals surface area contributed by atoms with Crippen LogP contribution in [0.3, 0.4) is 0 Å². The standard InChI is InChI=1S/C8H12N2O3/c9-4-7(11)8(12)6-2-1-3-10(13)5-6/h1-3,5,7-8,11-12H,4,9H2. The van der Waals surface area contributed by atoms with Crippen molar-refractivity contribution < 1.29 is 14.9 Å². The molecule has 0 radical (unpaired) electrons. The molecule has 0 fully saturated rings. The first-order valence-electron chi connectivity index (χ1n) is 3.90. The maximum absolute atomic E-state index is 10.8. The highest BCUT2D eigenvalue weighted by molar-refractivity contribution is 5.10. The molecule has 0 amide bonds. The van der Waals surface area contributed by atoms with Crippen LogP contribution in [0.15, 0.2) is 24.5 Å². The van der Waals surface area contributed by atoms with E-state index in [1.807, 2.05) is 0 Å². The first kappa shape index (κ1) is 9.91. The lowest BCUT2D eigenvalue weighted by Crippen LogP contribution is -2.30. The highest BCUT2D eigenvalue weighted by atomic mass is 16.5. The van der Waals surface area contributed by atoms with E-state index in [0.29, 0.717) is 10.3 Å². The molecule has 1 aromatic rings. The molecule has 1 aromatic heterocycles. The maximum Gasteiger partial charge on any atom is 0.186 e. The van der Waals surface area contributed by atoms with Crippen molar-refractivity contribution in [3.8, 4) is 0 Å². The predicted octanol–water partition coefficient (Wildman–Crippen LogP) is -1.33. The molecule has 4 N–H and O–H groups in total. The Balaban J connectivity index is 2.82. The normalized spacial score (nSPS) is 15.3. The Labute approximate surface area is 75.6 Å². The fourth-order valence-electron chi connectivity index (χ4n) is 0.998. The number of hydrogen-bond donors (Lipinski definition) is 3. The molecule has 2 atom stereocenters. The minimum atomic E-state index is -1.11. The lowest BCUT2D eigenvalue weighted by atomic mass is 10.1. The van der Waals surface area contributed by atoms with Gasteiger partial charge in [-0.3, -0.25) is 0 Å². The highest BCUT2D eigenvalue weighted by Gasteiger charge is 2.18. The fourth-order valence-corrected chi connectivity index (χ4v) is 0.998. The van der Waals surface area contributed by atoms with E-state index in [2.05, 4.69) is 0 Å². The molecule has 0 aliphatic carbocycles. The molecule has 13 heavy (non-hydrogen) atoms. The lowest BCUT2D eigenvalue weighted by Gasteiger charge is -2.14. The summed E-state index contributed by atoms with van der Waals surface area (Å²) < 4.78 is 0.557. The van der Waals surface area contributed by atoms with Gasteiger partial charge in [-0.2, -0.15) is 4.73 Å². The number of hydrogen-bond acceptors (Lipinski definition) is 4. The van der Waals surface area contributed by atoms with Crippen LogP contribution in [0.25, 0.3) is 0 Å². The minimum absolute atomic E-state index is 0.0467. The Bertz CT molecular complexity index is 280. The Kier molecular flexibility index (Phi) is 3.18. The van der Waals surface area contributed by atoms with Gasteiger partial charge in [0.2, 0.25) is 0 Å². The van der Waals surface area contributed by atoms with Crippen LogP contribution in [0.5, 0.6) is 0 Å². The second-order valence-corrected chi connectivity index (χ2v) is 2.75. The Hall–Kier alpha value is -1.17. The first-order valence-corrected chi connectivity index (χ1v) is 3.90. The van der Waals surface area contributed by atoms with Gasteiger partial charge in [-0.15, -0.1) is 0 Å². The van der Waals surface area contributed by atoms with E-state index in [1.165, 1.54) is 18.5 Å². The average molecular weight is 184 g/mol. The van der Waals surface area contributed by atoms with Crippen LogP contribution < -0.4 is 10.5 Å². The number of rotatable bonds is 3. The number of nitrogens with zero attached hydrogens (tertiary/aromatic N) is 1. The maximum atomic E-state index is 10.8. The van der Waals surface area contributed by atoms with Gasteiger partial charge >= 0.3 is 0 Å². The summed E-state index contributed by atoms with van der Waals surface area (Å²) >= 11 is 0. The van der Waals surface area contributed by atoms with Crippen LogP contribution in [-0.2, 0) is 0 Å². The van der Waals surface area contributed by atoms with Gasteiger partial charge in [0, 0.05) is 18.2 Å². The topological polar surface area (TPSA) is 93.4 Å². The van der Waals surface area contributed by atoms with Gasteiger partial charge in [0.15, 0.2) is 12.4 Å². The Morgan fingerprint density at radius 3 is 2.77 bits per heavy atom. The van der Waals surface area contributed by atoms with Gasteiger partial charge in [-0.05, 0) is 6.07 Å². The van der Waals surface area contributed by atoms with Crippen LogP contribution in [0, 0.1) is 5.21 Å². The number of aliphatic hydroxyl groups excluding tert-OH is 2. The summed E-state index contributed by atoms with van der Waals surface area (Å²) in [5.41, 5.74) is 5.51. The number of aliphatic hydroxyl groups is 2. The van der Waals surface area contributed by atoms with E-state index in [0.717, 1.165) is 0 Å². The quantitative estimate of drug-likeness (QED) is 0.401. The van der Waals surface area contributed by atoms with Crippen molar-refractivity contribution >= 4 is 0 Å². The molecular formula is C8H12N2O3. The largest absolute Gasteiger partial charge is 0.619 e. The van der Waals surface area contributed by atoms with Gasteiger partial charge in [0.25, 0.3) is 0 Å². The van der Waals surface area contributed by atoms with E-state index < -0.39 is 12.2 Å². The molecule has 1 heterocycles. The van der Waals surface area contributed by atoms with Crippen molar-refractivity contribution in [3.63, 3.8) is 0 Å². The van der Waals surface area contributed by atoms with Gasteiger partial charge in [-0.25, -0.2) is 0 Å². The fraction of sp³-hybridized carbons (Fsp3) is 0.375. The van der Waals surface area contributed by atoms with Crippen molar-refractivity contribution in [1.82, 2.24) is 0 Å². The predicted molar refractivity (Wildman–Crippen MR) is 45.4 cm³/mol. The van der Waals surface area contributed by atoms with E-state index in [-0.39, 0.29) is 6.54 Å². The summed E-state index contributed by atoms with van der Waals surface area (Å²) in [6, 6.07) is 3.05. The van der Waals surface area contributed by atoms with E-state index >= 15 is 0 Å². The molecule has 5 nitrogen and oxygen atoms in total. The number of pyridine rings is 1. The third kappa shape index (κ3) is 2.38. The van der Waals surface area contributed by atoms with E-state index in [1.54, 1.807) is 6.07 Å². The first-order chi connectivity index (χ1) is 6.15. The molecule has 0 spiro atoms. The summed E-state index contributed by atoms with van der Waals surface area (Å²) in [6.45, 7) is -0.0467. The molecule has 1 rings (SSSR count). The van der Waals surface area contributed by atoms with E-state index in [4.69, 9.17) is 5.73 Å². The smallest absolute Gasteiger partial charge is 0.186 e. The van der Waals surface area contributed by atoms with Crippen LogP contribution >= 0.6 is 0 Å². The summed E-state index contributed by atoms with van der Waals surface area (Å²) in [7, 11) is 0. The third-order valence-corrected chi connectivity index (χ3v) is 1.75. The zero-order valence-corrected chi connectivity index (χ0v) is 7.00. The second-order valence-electron chi connectivity index (χ2n) is 2.75. The zero-order valence-electron chi connectivity index (χ0n) is 7.00. The van der Waals surface area contributed by atoms with Crippen molar-refractivity contribution in [1.29, 1.82) is 0 Å². The van der Waals surface area contributed by atoms with Crippen LogP contribution in [0.1, 0.15) is 11.7 Å². The minimum Gasteiger partial charge on any atom is -0.619 e. The molecule has 0 aromatic carbocycles. The summed E-state index contributed by atoms with van der Waals surface area (Å²) in [5, 5.41) is 29.4. The van der Waals surface area contributed by atoms with Crippen LogP contribution in [-0.4, -0.2) is 22.9 Å². The molecule has 0 aliphatic heterocycles. The molecule has 0 saturated carbocycles. The lowest BCUT2D eigenvalue weighted by molar-refractivity contribution is -0.606. The van der Waals surface area contributed by atoms with Crippen molar-refractivity contribution in [3.05, 3.63) is 35.3 Å². The highest BCUT2D eigenvalue weighted by Crippen LogP contribution is 2.13. The Morgan fingerprint density at radius 2 is 2.23 bits per heavy atom. The molecule has 0 bridgehead atoms. The monoisotopic (exact) mass is 184 g/mol. The summed E-state index contributed by atoms with van der Waals surface area (Å²) in [5.74, 6) is 0. The zero-order chi connectivity index (χ0) is 9.84. The van der Waals surface area contributed by atoms with Gasteiger partial charge < -0.3 is 21.2 Å². The van der Waals surface area contributed by atoms with Crippen molar-refractivity contribution in [2.24, 2.45) is 5.73 Å². The van der Waals surface area contributed by atoms with Crippen molar-refractivity contribution in [2.75, 3.05) is 6.54 Å². The summed E-state index contributed by atoms with van der Waals surface area (Å²) in [4.78, 5) is 0. The third-order valence-electron chi connectivity index (χ3n) is 1.75. The van der Waals surface area contributed by atoms with Crippen molar-refractivity contribution in [2.45, 2.75) is 12.2 Å². The Morgan fingerprint density at radius 1 is 1.54 bits per heavy atom.